The molecule has 1 heterocycles. The number of carbonyl (C=O) groups is 2. The molecule has 1 atom stereocenters. The highest BCUT2D eigenvalue weighted by Gasteiger charge is 2.66. The number of carbonyl (C=O) groups excluding carboxylic acids is 1. The van der Waals surface area contributed by atoms with Gasteiger partial charge in [0.05, 0.1) is 27.6 Å². The molecule has 18 heteroatoms. The number of carboxylic acid groups (broad SMARTS) is 1. The summed E-state index contributed by atoms with van der Waals surface area (Å²) in [6, 6.07) is 1.48. The van der Waals surface area contributed by atoms with Gasteiger partial charge in [0.2, 0.25) is 0 Å². The SMILES string of the molecule is N#Cc1nn(-c2c(Cl)cc(S(F)(F)(F)(F)F)cc2Cl)c(NC(=O)OCC2CC2(Cl)Cl)c1C1(C(=O)O)CC1. The number of halogens is 9. The van der Waals surface area contributed by atoms with Gasteiger partial charge >= 0.3 is 22.3 Å². The van der Waals surface area contributed by atoms with Gasteiger partial charge in [-0.3, -0.25) is 10.1 Å². The van der Waals surface area contributed by atoms with Crippen molar-refractivity contribution < 1.29 is 38.9 Å². The summed E-state index contributed by atoms with van der Waals surface area (Å²) in [5.41, 5.74) is -3.12. The van der Waals surface area contributed by atoms with Crippen LogP contribution in [-0.4, -0.2) is 37.9 Å². The van der Waals surface area contributed by atoms with Crippen molar-refractivity contribution in [2.45, 2.75) is 33.9 Å². The molecule has 1 amide bonds. The third-order valence-corrected chi connectivity index (χ3v) is 8.50. The number of alkyl halides is 2. The van der Waals surface area contributed by atoms with Crippen molar-refractivity contribution in [2.75, 3.05) is 11.9 Å². The second kappa shape index (κ2) is 7.92. The van der Waals surface area contributed by atoms with E-state index in [9.17, 15) is 39.4 Å². The Morgan fingerprint density at radius 2 is 1.76 bits per heavy atom. The van der Waals surface area contributed by atoms with Gasteiger partial charge in [0.15, 0.2) is 5.69 Å². The summed E-state index contributed by atoms with van der Waals surface area (Å²) in [7, 11) is -10.2. The molecule has 1 aromatic heterocycles. The van der Waals surface area contributed by atoms with Crippen LogP contribution >= 0.6 is 56.6 Å². The number of nitrogens with zero attached hydrogens (tertiary/aromatic N) is 3. The molecule has 2 fully saturated rings. The lowest BCUT2D eigenvalue weighted by atomic mass is 9.95. The molecule has 2 aliphatic carbocycles. The average molecular weight is 630 g/mol. The van der Waals surface area contributed by atoms with Crippen molar-refractivity contribution >= 4 is 74.5 Å². The van der Waals surface area contributed by atoms with E-state index in [2.05, 4.69) is 10.4 Å². The molecule has 37 heavy (non-hydrogen) atoms. The van der Waals surface area contributed by atoms with Crippen LogP contribution in [0.3, 0.4) is 0 Å². The Labute approximate surface area is 224 Å². The van der Waals surface area contributed by atoms with E-state index in [4.69, 9.17) is 51.1 Å². The van der Waals surface area contributed by atoms with Crippen molar-refractivity contribution in [2.24, 2.45) is 5.92 Å². The summed E-state index contributed by atoms with van der Waals surface area (Å²) in [5.74, 6) is -2.28. The molecular formula is C19H13Cl4F5N4O4S. The average Bonchev–Trinajstić information content (AvgIpc) is 3.62. The normalized spacial score (nSPS) is 21.2. The lowest BCUT2D eigenvalue weighted by Crippen LogP contribution is -2.25. The molecule has 202 valence electrons. The minimum absolute atomic E-state index is 0.0279. The van der Waals surface area contributed by atoms with Crippen LogP contribution in [0.25, 0.3) is 5.69 Å². The molecule has 0 spiro atoms. The molecule has 1 unspecified atom stereocenters. The number of ether oxygens (including phenoxy) is 1. The zero-order valence-electron chi connectivity index (χ0n) is 17.9. The molecular weight excluding hydrogens is 617 g/mol. The van der Waals surface area contributed by atoms with Crippen LogP contribution < -0.4 is 5.32 Å². The first-order valence-corrected chi connectivity index (χ1v) is 13.5. The van der Waals surface area contributed by atoms with E-state index in [1.54, 1.807) is 6.07 Å². The molecule has 0 aliphatic heterocycles. The number of anilines is 1. The van der Waals surface area contributed by atoms with E-state index >= 15 is 0 Å². The molecule has 0 saturated heterocycles. The van der Waals surface area contributed by atoms with E-state index in [0.717, 1.165) is 0 Å². The zero-order valence-corrected chi connectivity index (χ0v) is 21.7. The molecule has 1 aromatic carbocycles. The Morgan fingerprint density at radius 1 is 1.22 bits per heavy atom. The number of hydrogen-bond acceptors (Lipinski definition) is 5. The lowest BCUT2D eigenvalue weighted by Gasteiger charge is -2.40. The van der Waals surface area contributed by atoms with Crippen LogP contribution in [0.1, 0.15) is 30.5 Å². The van der Waals surface area contributed by atoms with Gasteiger partial charge in [0.25, 0.3) is 0 Å². The van der Waals surface area contributed by atoms with Crippen LogP contribution in [0.2, 0.25) is 10.0 Å². The number of aliphatic carboxylic acids is 1. The predicted octanol–water partition coefficient (Wildman–Crippen LogP) is 7.57. The van der Waals surface area contributed by atoms with Gasteiger partial charge in [-0.15, -0.1) is 23.2 Å². The van der Waals surface area contributed by atoms with Crippen molar-refractivity contribution in [3.8, 4) is 11.8 Å². The number of nitriles is 1. The Kier molecular flexibility index (Phi) is 5.96. The largest absolute Gasteiger partial charge is 0.481 e. The van der Waals surface area contributed by atoms with Crippen LogP contribution in [0.5, 0.6) is 0 Å². The van der Waals surface area contributed by atoms with E-state index in [0.29, 0.717) is 11.1 Å². The van der Waals surface area contributed by atoms with Gasteiger partial charge in [0, 0.05) is 5.92 Å². The molecule has 0 radical (unpaired) electrons. The number of rotatable bonds is 7. The Morgan fingerprint density at radius 3 is 2.16 bits per heavy atom. The number of benzene rings is 1. The fraction of sp³-hybridized carbons (Fsp3) is 0.368. The summed E-state index contributed by atoms with van der Waals surface area (Å²) >= 11 is 23.6. The van der Waals surface area contributed by atoms with Crippen molar-refractivity contribution in [1.29, 1.82) is 5.26 Å². The van der Waals surface area contributed by atoms with Crippen LogP contribution in [0.15, 0.2) is 17.0 Å². The number of carboxylic acids is 1. The molecule has 2 aliphatic rings. The minimum Gasteiger partial charge on any atom is -0.481 e. The molecule has 8 nitrogen and oxygen atoms in total. The maximum atomic E-state index is 13.3. The predicted molar refractivity (Wildman–Crippen MR) is 126 cm³/mol. The Bertz CT molecular complexity index is 1380. The number of nitrogens with one attached hydrogen (secondary N) is 1. The first-order chi connectivity index (χ1) is 16.7. The first kappa shape index (κ1) is 27.8. The number of hydrogen-bond donors (Lipinski definition) is 2. The third-order valence-electron chi connectivity index (χ3n) is 5.87. The minimum atomic E-state index is -10.2. The smallest absolute Gasteiger partial charge is 0.412 e. The zero-order chi connectivity index (χ0) is 27.8. The first-order valence-electron chi connectivity index (χ1n) is 10.0. The molecule has 2 saturated carbocycles. The standard InChI is InChI=1S/C19H13Cl4F5N4O4S/c20-10-3-9(37(24,25,26,27)28)4-11(21)14(10)32-15(30-17(35)36-7-8-5-19(8,22)23)13(12(6-29)31-32)18(1-2-18)16(33)34/h3-4,8H,1-2,5,7H2,(H,30,35)(H,33,34). The second-order valence-electron chi connectivity index (χ2n) is 8.57. The van der Waals surface area contributed by atoms with E-state index < -0.39 is 70.1 Å². The van der Waals surface area contributed by atoms with Gasteiger partial charge in [-0.1, -0.05) is 42.6 Å². The van der Waals surface area contributed by atoms with Crippen LogP contribution in [0, 0.1) is 17.2 Å². The van der Waals surface area contributed by atoms with Crippen molar-refractivity contribution in [1.82, 2.24) is 9.78 Å². The Hall–Kier alpha value is -2.18. The molecule has 4 rings (SSSR count). The maximum Gasteiger partial charge on any atom is 0.412 e. The quantitative estimate of drug-likeness (QED) is 0.241. The van der Waals surface area contributed by atoms with Crippen LogP contribution in [-0.2, 0) is 14.9 Å². The topological polar surface area (TPSA) is 117 Å². The maximum absolute atomic E-state index is 13.3. The molecule has 2 aromatic rings. The van der Waals surface area contributed by atoms with Gasteiger partial charge in [-0.05, 0) is 31.4 Å². The van der Waals surface area contributed by atoms with Gasteiger partial charge in [0.1, 0.15) is 26.8 Å². The number of aromatic nitrogens is 2. The highest BCUT2D eigenvalue weighted by atomic mass is 35.5. The van der Waals surface area contributed by atoms with Crippen molar-refractivity contribution in [3.63, 3.8) is 0 Å². The summed E-state index contributed by atoms with van der Waals surface area (Å²) in [6.07, 6.45) is -0.794. The van der Waals surface area contributed by atoms with Gasteiger partial charge in [-0.2, -0.15) is 10.4 Å². The highest BCUT2D eigenvalue weighted by Crippen LogP contribution is 3.02. The van der Waals surface area contributed by atoms with Crippen LogP contribution in [0.4, 0.5) is 30.0 Å². The monoisotopic (exact) mass is 628 g/mol. The Balaban J connectivity index is 1.84. The molecule has 2 N–H and O–H groups in total. The summed E-state index contributed by atoms with van der Waals surface area (Å²) in [4.78, 5) is 22.2. The van der Waals surface area contributed by atoms with Crippen molar-refractivity contribution in [3.05, 3.63) is 33.4 Å². The third kappa shape index (κ3) is 5.24. The van der Waals surface area contributed by atoms with E-state index in [1.807, 2.05) is 0 Å². The van der Waals surface area contributed by atoms with E-state index in [-0.39, 0.29) is 37.1 Å². The lowest BCUT2D eigenvalue weighted by molar-refractivity contribution is -0.140. The summed E-state index contributed by atoms with van der Waals surface area (Å²) in [6.45, 7) is -0.238. The summed E-state index contributed by atoms with van der Waals surface area (Å²) in [5, 5.41) is 23.5. The fourth-order valence-corrected chi connectivity index (χ4v) is 5.61. The second-order valence-corrected chi connectivity index (χ2v) is 13.3. The van der Waals surface area contributed by atoms with Gasteiger partial charge < -0.3 is 9.84 Å². The fourth-order valence-electron chi connectivity index (χ4n) is 3.65. The number of amides is 1. The summed E-state index contributed by atoms with van der Waals surface area (Å²) < 4.78 is 71.2. The highest BCUT2D eigenvalue weighted by molar-refractivity contribution is 8.45. The van der Waals surface area contributed by atoms with E-state index in [1.165, 1.54) is 0 Å². The molecule has 0 bridgehead atoms. The van der Waals surface area contributed by atoms with Gasteiger partial charge in [-0.25, -0.2) is 9.48 Å².